The van der Waals surface area contributed by atoms with E-state index in [0.717, 1.165) is 26.7 Å². The molecule has 0 fully saturated rings. The first-order valence-corrected chi connectivity index (χ1v) is 9.18. The van der Waals surface area contributed by atoms with Gasteiger partial charge in [0.1, 0.15) is 6.54 Å². The second-order valence-electron chi connectivity index (χ2n) is 6.28. The van der Waals surface area contributed by atoms with E-state index in [1.165, 1.54) is 0 Å². The van der Waals surface area contributed by atoms with Gasteiger partial charge in [-0.1, -0.05) is 24.3 Å². The summed E-state index contributed by atoms with van der Waals surface area (Å²) in [6, 6.07) is 13.5. The number of pyridine rings is 1. The van der Waals surface area contributed by atoms with Crippen LogP contribution < -0.4 is 5.32 Å². The molecule has 132 valence electrons. The summed E-state index contributed by atoms with van der Waals surface area (Å²) in [4.78, 5) is 12.7. The van der Waals surface area contributed by atoms with Crippen molar-refractivity contribution in [3.05, 3.63) is 64.7 Å². The number of rotatable bonds is 4. The van der Waals surface area contributed by atoms with Crippen LogP contribution in [0.15, 0.2) is 53.1 Å². The molecule has 1 atom stereocenters. The number of para-hydroxylation sites is 1. The molecule has 4 rings (SSSR count). The average molecular weight is 412 g/mol. The minimum Gasteiger partial charge on any atom is -0.345 e. The number of aromatic nitrogens is 4. The van der Waals surface area contributed by atoms with E-state index in [1.807, 2.05) is 71.5 Å². The van der Waals surface area contributed by atoms with Gasteiger partial charge in [-0.2, -0.15) is 0 Å². The van der Waals surface area contributed by atoms with Crippen molar-refractivity contribution in [1.29, 1.82) is 0 Å². The number of hydrogen-bond acceptors (Lipinski definition) is 3. The van der Waals surface area contributed by atoms with Gasteiger partial charge in [-0.15, -0.1) is 10.2 Å². The molecule has 3 aromatic heterocycles. The molecule has 1 amide bonds. The predicted molar refractivity (Wildman–Crippen MR) is 104 cm³/mol. The molecule has 0 aliphatic carbocycles. The average Bonchev–Trinajstić information content (AvgIpc) is 3.18. The fraction of sp³-hybridized carbons (Fsp3) is 0.211. The van der Waals surface area contributed by atoms with Crippen LogP contribution in [0, 0.1) is 6.92 Å². The zero-order valence-electron chi connectivity index (χ0n) is 14.5. The van der Waals surface area contributed by atoms with Gasteiger partial charge in [-0.3, -0.25) is 9.20 Å². The Morgan fingerprint density at radius 3 is 2.81 bits per heavy atom. The number of halogens is 1. The number of carbonyl (C=O) groups is 1. The number of carbonyl (C=O) groups excluding carboxylic acids is 1. The topological polar surface area (TPSA) is 64.2 Å². The number of amides is 1. The Bertz CT molecular complexity index is 1110. The molecule has 0 bridgehead atoms. The summed E-state index contributed by atoms with van der Waals surface area (Å²) in [6.45, 7) is 4.17. The van der Waals surface area contributed by atoms with Crippen molar-refractivity contribution in [2.45, 2.75) is 26.4 Å². The maximum Gasteiger partial charge on any atom is 0.240 e. The monoisotopic (exact) mass is 411 g/mol. The normalized spacial score (nSPS) is 12.6. The van der Waals surface area contributed by atoms with E-state index in [9.17, 15) is 4.79 Å². The molecule has 0 unspecified atom stereocenters. The van der Waals surface area contributed by atoms with Crippen LogP contribution in [0.5, 0.6) is 0 Å². The Labute approximate surface area is 159 Å². The van der Waals surface area contributed by atoms with Crippen LogP contribution in [0.4, 0.5) is 0 Å². The molecule has 0 aliphatic heterocycles. The van der Waals surface area contributed by atoms with Crippen LogP contribution in [0.1, 0.15) is 24.5 Å². The summed E-state index contributed by atoms with van der Waals surface area (Å²) >= 11 is 3.63. The largest absolute Gasteiger partial charge is 0.345 e. The summed E-state index contributed by atoms with van der Waals surface area (Å²) in [5.41, 5.74) is 2.83. The van der Waals surface area contributed by atoms with Crippen molar-refractivity contribution in [1.82, 2.24) is 24.5 Å². The maximum absolute atomic E-state index is 12.7. The fourth-order valence-corrected chi connectivity index (χ4v) is 3.79. The van der Waals surface area contributed by atoms with Crippen molar-refractivity contribution in [3.63, 3.8) is 0 Å². The molecule has 4 aromatic rings. The third-order valence-corrected chi connectivity index (χ3v) is 5.56. The molecule has 0 radical (unpaired) electrons. The fourth-order valence-electron chi connectivity index (χ4n) is 3.24. The number of nitrogens with one attached hydrogen (secondary N) is 1. The smallest absolute Gasteiger partial charge is 0.240 e. The summed E-state index contributed by atoms with van der Waals surface area (Å²) in [6.07, 6.45) is 1.90. The van der Waals surface area contributed by atoms with Crippen LogP contribution in [0.25, 0.3) is 16.6 Å². The number of hydrogen-bond donors (Lipinski definition) is 1. The van der Waals surface area contributed by atoms with E-state index in [2.05, 4.69) is 31.4 Å². The number of fused-ring (bicyclic) bond motifs is 2. The van der Waals surface area contributed by atoms with Gasteiger partial charge in [0, 0.05) is 27.3 Å². The SMILES string of the molecule is Cc1c(Br)c2ccccc2n1CC(=O)N[C@@H](C)c1nnc2ccccn12. The van der Waals surface area contributed by atoms with Crippen molar-refractivity contribution >= 4 is 38.4 Å². The first kappa shape index (κ1) is 16.8. The third kappa shape index (κ3) is 2.78. The quantitative estimate of drug-likeness (QED) is 0.557. The van der Waals surface area contributed by atoms with Gasteiger partial charge in [0.2, 0.25) is 5.91 Å². The summed E-state index contributed by atoms with van der Waals surface area (Å²) in [5, 5.41) is 12.5. The Morgan fingerprint density at radius 1 is 1.19 bits per heavy atom. The Kier molecular flexibility index (Phi) is 4.24. The van der Waals surface area contributed by atoms with Crippen LogP contribution in [0.2, 0.25) is 0 Å². The summed E-state index contributed by atoms with van der Waals surface area (Å²) < 4.78 is 4.93. The Hall–Kier alpha value is -2.67. The van der Waals surface area contributed by atoms with E-state index < -0.39 is 0 Å². The molecule has 26 heavy (non-hydrogen) atoms. The lowest BCUT2D eigenvalue weighted by Crippen LogP contribution is -2.31. The van der Waals surface area contributed by atoms with E-state index >= 15 is 0 Å². The lowest BCUT2D eigenvalue weighted by molar-refractivity contribution is -0.122. The van der Waals surface area contributed by atoms with Crippen molar-refractivity contribution in [2.75, 3.05) is 0 Å². The number of nitrogens with zero attached hydrogens (tertiary/aromatic N) is 4. The van der Waals surface area contributed by atoms with Crippen LogP contribution >= 0.6 is 15.9 Å². The van der Waals surface area contributed by atoms with E-state index in [-0.39, 0.29) is 18.5 Å². The third-order valence-electron chi connectivity index (χ3n) is 4.56. The van der Waals surface area contributed by atoms with E-state index in [1.54, 1.807) is 0 Å². The van der Waals surface area contributed by atoms with Gasteiger partial charge in [0.05, 0.1) is 6.04 Å². The molecule has 7 heteroatoms. The van der Waals surface area contributed by atoms with Crippen molar-refractivity contribution < 1.29 is 4.79 Å². The highest BCUT2D eigenvalue weighted by molar-refractivity contribution is 9.10. The molecular formula is C19H18BrN5O. The highest BCUT2D eigenvalue weighted by Crippen LogP contribution is 2.30. The van der Waals surface area contributed by atoms with Gasteiger partial charge < -0.3 is 9.88 Å². The summed E-state index contributed by atoms with van der Waals surface area (Å²) in [7, 11) is 0. The lowest BCUT2D eigenvalue weighted by Gasteiger charge is -2.14. The molecule has 0 saturated heterocycles. The molecule has 3 heterocycles. The highest BCUT2D eigenvalue weighted by atomic mass is 79.9. The van der Waals surface area contributed by atoms with Crippen LogP contribution in [0.3, 0.4) is 0 Å². The van der Waals surface area contributed by atoms with Gasteiger partial charge in [0.25, 0.3) is 0 Å². The van der Waals surface area contributed by atoms with E-state index in [4.69, 9.17) is 0 Å². The Morgan fingerprint density at radius 2 is 1.96 bits per heavy atom. The summed E-state index contributed by atoms with van der Waals surface area (Å²) in [5.74, 6) is 0.644. The number of benzene rings is 1. The van der Waals surface area contributed by atoms with Crippen LogP contribution in [-0.4, -0.2) is 25.1 Å². The molecule has 1 N–H and O–H groups in total. The van der Waals surface area contributed by atoms with Gasteiger partial charge in [-0.05, 0) is 48.0 Å². The molecule has 0 aliphatic rings. The second kappa shape index (κ2) is 6.57. The minimum absolute atomic E-state index is 0.0680. The van der Waals surface area contributed by atoms with E-state index in [0.29, 0.717) is 5.82 Å². The zero-order chi connectivity index (χ0) is 18.3. The van der Waals surface area contributed by atoms with Crippen molar-refractivity contribution in [2.24, 2.45) is 0 Å². The molecule has 0 spiro atoms. The van der Waals surface area contributed by atoms with Gasteiger partial charge in [-0.25, -0.2) is 0 Å². The lowest BCUT2D eigenvalue weighted by atomic mass is 10.2. The zero-order valence-corrected chi connectivity index (χ0v) is 16.1. The maximum atomic E-state index is 12.7. The second-order valence-corrected chi connectivity index (χ2v) is 7.07. The molecule has 0 saturated carbocycles. The standard InChI is InChI=1S/C19H18BrN5O/c1-12(19-23-22-16-9-5-6-10-24(16)19)21-17(26)11-25-13(2)18(20)14-7-3-4-8-15(14)25/h3-10,12H,11H2,1-2H3,(H,21,26)/t12-/m0/s1. The molecular weight excluding hydrogens is 394 g/mol. The highest BCUT2D eigenvalue weighted by Gasteiger charge is 2.18. The first-order valence-electron chi connectivity index (χ1n) is 8.38. The van der Waals surface area contributed by atoms with Crippen molar-refractivity contribution in [3.8, 4) is 0 Å². The predicted octanol–water partition coefficient (Wildman–Crippen LogP) is 3.63. The first-order chi connectivity index (χ1) is 12.6. The van der Waals surface area contributed by atoms with Gasteiger partial charge in [0.15, 0.2) is 11.5 Å². The molecule has 6 nitrogen and oxygen atoms in total. The van der Waals surface area contributed by atoms with Crippen LogP contribution in [-0.2, 0) is 11.3 Å². The van der Waals surface area contributed by atoms with Gasteiger partial charge >= 0.3 is 0 Å². The Balaban J connectivity index is 1.57. The molecule has 1 aromatic carbocycles. The minimum atomic E-state index is -0.245.